The lowest BCUT2D eigenvalue weighted by molar-refractivity contribution is -0.00000599. The number of aliphatic hydroxyl groups is 1. The third kappa shape index (κ3) is 5.92. The van der Waals surface area contributed by atoms with Crippen molar-refractivity contribution in [3.05, 3.63) is 58.6 Å². The maximum Gasteiger partial charge on any atom is 0.166 e. The minimum Gasteiger partial charge on any atom is -1.00 e. The second-order valence-corrected chi connectivity index (χ2v) is 5.20. The maximum atomic E-state index is 8.86. The Hall–Kier alpha value is -1.46. The highest BCUT2D eigenvalue weighted by molar-refractivity contribution is 6.30. The number of nitrogens with one attached hydrogen (secondary N) is 1. The molecular weight excluding hydrogens is 337 g/mol. The van der Waals surface area contributed by atoms with Gasteiger partial charge in [-0.15, -0.1) is 0 Å². The van der Waals surface area contributed by atoms with E-state index in [1.807, 2.05) is 42.5 Å². The normalized spacial score (nSPS) is 10.0. The van der Waals surface area contributed by atoms with Gasteiger partial charge in [-0.2, -0.15) is 0 Å². The van der Waals surface area contributed by atoms with Crippen molar-refractivity contribution < 1.29 is 27.0 Å². The summed E-state index contributed by atoms with van der Waals surface area (Å²) in [6, 6.07) is 13.3. The fourth-order valence-electron chi connectivity index (χ4n) is 2.06. The molecule has 0 saturated carbocycles. The van der Waals surface area contributed by atoms with Gasteiger partial charge in [0.05, 0.1) is 13.7 Å². The quantitative estimate of drug-likeness (QED) is 0.654. The number of benzene rings is 2. The molecule has 0 unspecified atom stereocenters. The van der Waals surface area contributed by atoms with Crippen LogP contribution in [-0.2, 0) is 13.2 Å². The van der Waals surface area contributed by atoms with Crippen LogP contribution in [0, 0.1) is 0 Å². The topological polar surface area (TPSA) is 50.7 Å². The highest BCUT2D eigenvalue weighted by Crippen LogP contribution is 2.31. The van der Waals surface area contributed by atoms with Crippen LogP contribution in [0.1, 0.15) is 11.1 Å². The number of hydrogen-bond donors (Lipinski definition) is 2. The largest absolute Gasteiger partial charge is 1.00 e. The Kier molecular flexibility index (Phi) is 8.81. The molecule has 0 spiro atoms. The van der Waals surface area contributed by atoms with Gasteiger partial charge >= 0.3 is 0 Å². The van der Waals surface area contributed by atoms with Crippen LogP contribution in [0.3, 0.4) is 0 Å². The molecular formula is C17H20Cl2NO3-. The van der Waals surface area contributed by atoms with Crippen LogP contribution in [0.2, 0.25) is 5.02 Å². The number of hydrogen-bond acceptors (Lipinski definition) is 4. The molecule has 2 rings (SSSR count). The Labute approximate surface area is 147 Å². The third-order valence-electron chi connectivity index (χ3n) is 3.18. The molecule has 0 saturated heterocycles. The Morgan fingerprint density at radius 1 is 1.13 bits per heavy atom. The van der Waals surface area contributed by atoms with Crippen LogP contribution in [-0.4, -0.2) is 25.4 Å². The lowest BCUT2D eigenvalue weighted by Crippen LogP contribution is -3.00. The molecule has 0 radical (unpaired) electrons. The van der Waals surface area contributed by atoms with Crippen molar-refractivity contribution in [1.82, 2.24) is 5.32 Å². The molecule has 2 N–H and O–H groups in total. The van der Waals surface area contributed by atoms with Crippen molar-refractivity contribution in [3.8, 4) is 11.5 Å². The molecule has 0 heterocycles. The van der Waals surface area contributed by atoms with E-state index < -0.39 is 0 Å². The van der Waals surface area contributed by atoms with Crippen molar-refractivity contribution in [2.24, 2.45) is 0 Å². The van der Waals surface area contributed by atoms with Gasteiger partial charge in [-0.05, 0) is 23.8 Å². The summed E-state index contributed by atoms with van der Waals surface area (Å²) in [4.78, 5) is 0. The summed E-state index contributed by atoms with van der Waals surface area (Å²) >= 11 is 5.88. The number of methoxy groups -OCH3 is 1. The van der Waals surface area contributed by atoms with Crippen LogP contribution in [0.15, 0.2) is 42.5 Å². The van der Waals surface area contributed by atoms with E-state index in [2.05, 4.69) is 5.32 Å². The first-order valence-corrected chi connectivity index (χ1v) is 7.47. The maximum absolute atomic E-state index is 8.86. The molecule has 0 aliphatic heterocycles. The molecule has 0 atom stereocenters. The van der Waals surface area contributed by atoms with E-state index in [1.165, 1.54) is 0 Å². The van der Waals surface area contributed by atoms with Gasteiger partial charge in [-0.1, -0.05) is 35.9 Å². The fourth-order valence-corrected chi connectivity index (χ4v) is 2.19. The van der Waals surface area contributed by atoms with Gasteiger partial charge in [0, 0.05) is 23.7 Å². The predicted molar refractivity (Wildman–Crippen MR) is 87.6 cm³/mol. The monoisotopic (exact) mass is 356 g/mol. The first-order chi connectivity index (χ1) is 10.7. The van der Waals surface area contributed by atoms with Gasteiger partial charge in [0.25, 0.3) is 0 Å². The second kappa shape index (κ2) is 10.3. The van der Waals surface area contributed by atoms with E-state index in [1.54, 1.807) is 7.11 Å². The standard InChI is InChI=1S/C17H20ClNO3.ClH/c1-21-16-4-2-3-14(11-19-9-10-20)17(16)22-12-13-5-7-15(18)8-6-13;/h2-8,19-20H,9-12H2,1H3;1H/p-1. The Balaban J connectivity index is 0.00000264. The van der Waals surface area contributed by atoms with Crippen molar-refractivity contribution in [3.63, 3.8) is 0 Å². The molecule has 4 nitrogen and oxygen atoms in total. The van der Waals surface area contributed by atoms with Crippen LogP contribution in [0.4, 0.5) is 0 Å². The van der Waals surface area contributed by atoms with E-state index >= 15 is 0 Å². The van der Waals surface area contributed by atoms with Gasteiger partial charge in [-0.25, -0.2) is 0 Å². The van der Waals surface area contributed by atoms with Crippen molar-refractivity contribution >= 4 is 11.6 Å². The lowest BCUT2D eigenvalue weighted by atomic mass is 10.1. The zero-order valence-corrected chi connectivity index (χ0v) is 14.4. The molecule has 6 heteroatoms. The minimum atomic E-state index is 0. The molecule has 2 aromatic rings. The summed E-state index contributed by atoms with van der Waals surface area (Å²) < 4.78 is 11.3. The summed E-state index contributed by atoms with van der Waals surface area (Å²) in [5.41, 5.74) is 2.02. The van der Waals surface area contributed by atoms with Gasteiger partial charge in [0.2, 0.25) is 0 Å². The second-order valence-electron chi connectivity index (χ2n) is 4.76. The van der Waals surface area contributed by atoms with Gasteiger partial charge < -0.3 is 32.3 Å². The highest BCUT2D eigenvalue weighted by atomic mass is 35.5. The third-order valence-corrected chi connectivity index (χ3v) is 3.43. The molecule has 126 valence electrons. The van der Waals surface area contributed by atoms with Crippen LogP contribution < -0.4 is 27.2 Å². The van der Waals surface area contributed by atoms with E-state index in [0.29, 0.717) is 36.2 Å². The summed E-state index contributed by atoms with van der Waals surface area (Å²) in [5, 5.41) is 12.7. The number of rotatable bonds is 8. The molecule has 2 aromatic carbocycles. The van der Waals surface area contributed by atoms with Crippen LogP contribution >= 0.6 is 11.6 Å². The van der Waals surface area contributed by atoms with Gasteiger partial charge in [0.15, 0.2) is 11.5 Å². The average molecular weight is 357 g/mol. The van der Waals surface area contributed by atoms with Gasteiger partial charge in [-0.3, -0.25) is 0 Å². The summed E-state index contributed by atoms with van der Waals surface area (Å²) in [5.74, 6) is 1.41. The van der Waals surface area contributed by atoms with Crippen molar-refractivity contribution in [2.75, 3.05) is 20.3 Å². The molecule has 0 bridgehead atoms. The number of aliphatic hydroxyl groups excluding tert-OH is 1. The van der Waals surface area contributed by atoms with Crippen molar-refractivity contribution in [1.29, 1.82) is 0 Å². The average Bonchev–Trinajstić information content (AvgIpc) is 2.55. The first-order valence-electron chi connectivity index (χ1n) is 7.09. The summed E-state index contributed by atoms with van der Waals surface area (Å²) in [6.07, 6.45) is 0. The zero-order valence-electron chi connectivity index (χ0n) is 12.9. The van der Waals surface area contributed by atoms with E-state index in [4.69, 9.17) is 26.2 Å². The molecule has 23 heavy (non-hydrogen) atoms. The molecule has 0 fully saturated rings. The van der Waals surface area contributed by atoms with E-state index in [-0.39, 0.29) is 19.0 Å². The summed E-state index contributed by atoms with van der Waals surface area (Å²) in [6.45, 7) is 1.68. The van der Waals surface area contributed by atoms with E-state index in [9.17, 15) is 0 Å². The SMILES string of the molecule is COc1cccc(CNCCO)c1OCc1ccc(Cl)cc1.[Cl-]. The number of ether oxygens (including phenoxy) is 2. The van der Waals surface area contributed by atoms with E-state index in [0.717, 1.165) is 11.1 Å². The van der Waals surface area contributed by atoms with Crippen LogP contribution in [0.5, 0.6) is 11.5 Å². The summed E-state index contributed by atoms with van der Waals surface area (Å²) in [7, 11) is 1.62. The number of para-hydroxylation sites is 1. The Bertz CT molecular complexity index is 591. The molecule has 0 aliphatic rings. The smallest absolute Gasteiger partial charge is 0.166 e. The Morgan fingerprint density at radius 3 is 2.52 bits per heavy atom. The van der Waals surface area contributed by atoms with Crippen molar-refractivity contribution in [2.45, 2.75) is 13.2 Å². The Morgan fingerprint density at radius 2 is 1.87 bits per heavy atom. The highest BCUT2D eigenvalue weighted by Gasteiger charge is 2.10. The number of halogens is 2. The predicted octanol–water partition coefficient (Wildman–Crippen LogP) is 0.0135. The van der Waals surface area contributed by atoms with Crippen LogP contribution in [0.25, 0.3) is 0 Å². The minimum absolute atomic E-state index is 0. The fraction of sp³-hybridized carbons (Fsp3) is 0.294. The van der Waals surface area contributed by atoms with Gasteiger partial charge in [0.1, 0.15) is 6.61 Å². The first kappa shape index (κ1) is 19.6. The molecule has 0 aromatic heterocycles. The zero-order chi connectivity index (χ0) is 15.8. The molecule has 0 aliphatic carbocycles. The molecule has 0 amide bonds. The lowest BCUT2D eigenvalue weighted by Gasteiger charge is -2.15.